The molecule has 0 aliphatic carbocycles. The molecule has 1 atom stereocenters. The molecule has 1 unspecified atom stereocenters. The van der Waals surface area contributed by atoms with Crippen molar-refractivity contribution in [1.82, 2.24) is 10.2 Å². The van der Waals surface area contributed by atoms with Crippen molar-refractivity contribution in [3.05, 3.63) is 35.6 Å². The average molecular weight is 208 g/mol. The summed E-state index contributed by atoms with van der Waals surface area (Å²) < 4.78 is 12.8. The topological polar surface area (TPSA) is 15.3 Å². The van der Waals surface area contributed by atoms with Crippen LogP contribution < -0.4 is 5.32 Å². The Morgan fingerprint density at radius 3 is 2.73 bits per heavy atom. The molecule has 0 saturated carbocycles. The van der Waals surface area contributed by atoms with E-state index in [1.165, 1.54) is 17.7 Å². The van der Waals surface area contributed by atoms with Crippen molar-refractivity contribution in [2.75, 3.05) is 26.7 Å². The van der Waals surface area contributed by atoms with Gasteiger partial charge in [0, 0.05) is 19.1 Å². The van der Waals surface area contributed by atoms with E-state index in [0.29, 0.717) is 6.04 Å². The maximum Gasteiger partial charge on any atom is 0.123 e. The van der Waals surface area contributed by atoms with Crippen LogP contribution in [0.3, 0.4) is 0 Å². The first kappa shape index (κ1) is 10.6. The number of hydrogen-bond acceptors (Lipinski definition) is 2. The van der Waals surface area contributed by atoms with E-state index in [2.05, 4.69) is 17.3 Å². The van der Waals surface area contributed by atoms with Crippen LogP contribution >= 0.6 is 0 Å². The lowest BCUT2D eigenvalue weighted by Crippen LogP contribution is -2.25. The van der Waals surface area contributed by atoms with Gasteiger partial charge in [0.15, 0.2) is 0 Å². The van der Waals surface area contributed by atoms with Gasteiger partial charge in [-0.15, -0.1) is 0 Å². The Bertz CT molecular complexity index is 310. The van der Waals surface area contributed by atoms with Crippen molar-refractivity contribution in [2.45, 2.75) is 12.5 Å². The van der Waals surface area contributed by atoms with Gasteiger partial charge >= 0.3 is 0 Å². The van der Waals surface area contributed by atoms with Crippen LogP contribution in [0.2, 0.25) is 0 Å². The van der Waals surface area contributed by atoms with Gasteiger partial charge in [0.25, 0.3) is 0 Å². The number of nitrogens with one attached hydrogen (secondary N) is 1. The number of halogens is 1. The molecule has 1 aliphatic rings. The Kier molecular flexibility index (Phi) is 3.34. The lowest BCUT2D eigenvalue weighted by atomic mass is 10.0. The molecule has 0 amide bonds. The summed E-state index contributed by atoms with van der Waals surface area (Å²) in [6.45, 7) is 3.17. The number of rotatable bonds is 1. The molecule has 1 N–H and O–H groups in total. The quantitative estimate of drug-likeness (QED) is 0.757. The van der Waals surface area contributed by atoms with Gasteiger partial charge in [-0.1, -0.05) is 12.1 Å². The second kappa shape index (κ2) is 4.73. The molecular formula is C12H17FN2. The van der Waals surface area contributed by atoms with Crippen LogP contribution in [-0.4, -0.2) is 31.6 Å². The summed E-state index contributed by atoms with van der Waals surface area (Å²) in [6.07, 6.45) is 1.09. The summed E-state index contributed by atoms with van der Waals surface area (Å²) in [4.78, 5) is 2.32. The summed E-state index contributed by atoms with van der Waals surface area (Å²) in [7, 11) is 2.13. The number of likely N-dealkylation sites (N-methyl/N-ethyl adjacent to an activating group) is 1. The highest BCUT2D eigenvalue weighted by atomic mass is 19.1. The highest BCUT2D eigenvalue weighted by Crippen LogP contribution is 2.18. The van der Waals surface area contributed by atoms with Crippen molar-refractivity contribution in [3.63, 3.8) is 0 Å². The second-order valence-corrected chi connectivity index (χ2v) is 4.15. The summed E-state index contributed by atoms with van der Waals surface area (Å²) >= 11 is 0. The predicted octanol–water partition coefficient (Wildman–Crippen LogP) is 1.79. The smallest absolute Gasteiger partial charge is 0.123 e. The van der Waals surface area contributed by atoms with Crippen LogP contribution in [0, 0.1) is 5.82 Å². The van der Waals surface area contributed by atoms with Gasteiger partial charge in [-0.25, -0.2) is 4.39 Å². The fourth-order valence-corrected chi connectivity index (χ4v) is 1.97. The van der Waals surface area contributed by atoms with Gasteiger partial charge in [0.05, 0.1) is 0 Å². The van der Waals surface area contributed by atoms with E-state index < -0.39 is 0 Å². The largest absolute Gasteiger partial charge is 0.309 e. The normalized spacial score (nSPS) is 23.7. The molecule has 1 aliphatic heterocycles. The molecule has 0 radical (unpaired) electrons. The van der Waals surface area contributed by atoms with Gasteiger partial charge in [-0.3, -0.25) is 0 Å². The van der Waals surface area contributed by atoms with Gasteiger partial charge in [0.2, 0.25) is 0 Å². The minimum Gasteiger partial charge on any atom is -0.309 e. The van der Waals surface area contributed by atoms with Crippen LogP contribution in [0.15, 0.2) is 24.3 Å². The molecule has 2 rings (SSSR count). The molecule has 1 fully saturated rings. The molecule has 1 aromatic carbocycles. The van der Waals surface area contributed by atoms with E-state index in [9.17, 15) is 4.39 Å². The maximum atomic E-state index is 12.8. The highest BCUT2D eigenvalue weighted by Gasteiger charge is 2.15. The summed E-state index contributed by atoms with van der Waals surface area (Å²) in [5.41, 5.74) is 1.19. The molecule has 82 valence electrons. The lowest BCUT2D eigenvalue weighted by Gasteiger charge is -2.15. The maximum absolute atomic E-state index is 12.8. The van der Waals surface area contributed by atoms with Crippen LogP contribution in [0.4, 0.5) is 4.39 Å². The molecule has 0 aromatic heterocycles. The van der Waals surface area contributed by atoms with E-state index >= 15 is 0 Å². The summed E-state index contributed by atoms with van der Waals surface area (Å²) in [5, 5.41) is 3.48. The molecule has 1 aromatic rings. The molecule has 0 bridgehead atoms. The monoisotopic (exact) mass is 208 g/mol. The Morgan fingerprint density at radius 2 is 2.00 bits per heavy atom. The molecular weight excluding hydrogens is 191 g/mol. The summed E-state index contributed by atoms with van der Waals surface area (Å²) in [6, 6.07) is 7.18. The number of nitrogens with zero attached hydrogens (tertiary/aromatic N) is 1. The Morgan fingerprint density at radius 1 is 1.27 bits per heavy atom. The Hall–Kier alpha value is -0.930. The van der Waals surface area contributed by atoms with Crippen LogP contribution in [0.5, 0.6) is 0 Å². The predicted molar refractivity (Wildman–Crippen MR) is 59.3 cm³/mol. The van der Waals surface area contributed by atoms with Crippen molar-refractivity contribution in [1.29, 1.82) is 0 Å². The van der Waals surface area contributed by atoms with Gasteiger partial charge in [-0.2, -0.15) is 0 Å². The average Bonchev–Trinajstić information content (AvgIpc) is 2.44. The fourth-order valence-electron chi connectivity index (χ4n) is 1.97. The first-order valence-corrected chi connectivity index (χ1v) is 5.43. The summed E-state index contributed by atoms with van der Waals surface area (Å²) in [5.74, 6) is -0.163. The Balaban J connectivity index is 2.06. The van der Waals surface area contributed by atoms with E-state index in [-0.39, 0.29) is 5.82 Å². The SMILES string of the molecule is CN1CCNC(c2ccc(F)cc2)CC1. The Labute approximate surface area is 90.1 Å². The van der Waals surface area contributed by atoms with E-state index in [1.807, 2.05) is 12.1 Å². The highest BCUT2D eigenvalue weighted by molar-refractivity contribution is 5.20. The lowest BCUT2D eigenvalue weighted by molar-refractivity contribution is 0.355. The van der Waals surface area contributed by atoms with Crippen molar-refractivity contribution >= 4 is 0 Å². The number of hydrogen-bond donors (Lipinski definition) is 1. The van der Waals surface area contributed by atoms with Crippen LogP contribution in [-0.2, 0) is 0 Å². The number of benzene rings is 1. The first-order chi connectivity index (χ1) is 7.25. The van der Waals surface area contributed by atoms with Gasteiger partial charge in [0.1, 0.15) is 5.82 Å². The third-order valence-electron chi connectivity index (χ3n) is 2.96. The standard InChI is InChI=1S/C12H17FN2/c1-15-8-6-12(14-7-9-15)10-2-4-11(13)5-3-10/h2-5,12,14H,6-9H2,1H3. The first-order valence-electron chi connectivity index (χ1n) is 5.43. The minimum atomic E-state index is -0.163. The van der Waals surface area contributed by atoms with Crippen molar-refractivity contribution in [3.8, 4) is 0 Å². The van der Waals surface area contributed by atoms with Gasteiger partial charge < -0.3 is 10.2 Å². The van der Waals surface area contributed by atoms with E-state index in [0.717, 1.165) is 26.1 Å². The van der Waals surface area contributed by atoms with E-state index in [1.54, 1.807) is 0 Å². The molecule has 0 spiro atoms. The zero-order valence-corrected chi connectivity index (χ0v) is 9.04. The zero-order chi connectivity index (χ0) is 10.7. The van der Waals surface area contributed by atoms with E-state index in [4.69, 9.17) is 0 Å². The van der Waals surface area contributed by atoms with Crippen LogP contribution in [0.25, 0.3) is 0 Å². The molecule has 1 heterocycles. The minimum absolute atomic E-state index is 0.163. The third kappa shape index (κ3) is 2.76. The third-order valence-corrected chi connectivity index (χ3v) is 2.96. The zero-order valence-electron chi connectivity index (χ0n) is 9.04. The fraction of sp³-hybridized carbons (Fsp3) is 0.500. The molecule has 3 heteroatoms. The second-order valence-electron chi connectivity index (χ2n) is 4.15. The van der Waals surface area contributed by atoms with Crippen LogP contribution in [0.1, 0.15) is 18.0 Å². The molecule has 15 heavy (non-hydrogen) atoms. The molecule has 1 saturated heterocycles. The van der Waals surface area contributed by atoms with Crippen molar-refractivity contribution < 1.29 is 4.39 Å². The van der Waals surface area contributed by atoms with Gasteiger partial charge in [-0.05, 0) is 37.7 Å². The van der Waals surface area contributed by atoms with Crippen molar-refractivity contribution in [2.24, 2.45) is 0 Å². The molecule has 2 nitrogen and oxygen atoms in total.